The molecule has 2 rings (SSSR count). The summed E-state index contributed by atoms with van der Waals surface area (Å²) in [5.41, 5.74) is 0.729. The van der Waals surface area contributed by atoms with Crippen LogP contribution in [0.3, 0.4) is 0 Å². The molecule has 0 atom stereocenters. The number of hydrogen-bond acceptors (Lipinski definition) is 1. The Morgan fingerprint density at radius 1 is 0.909 bits per heavy atom. The van der Waals surface area contributed by atoms with Gasteiger partial charge in [-0.2, -0.15) is 4.90 Å². The largest absolute Gasteiger partial charge is 1.00 e. The Labute approximate surface area is 136 Å². The molecule has 0 aromatic heterocycles. The minimum atomic E-state index is -4.95. The van der Waals surface area contributed by atoms with E-state index in [2.05, 4.69) is 0 Å². The van der Waals surface area contributed by atoms with E-state index in [-0.39, 0.29) is 17.3 Å². The number of nitrogens with one attached hydrogen (secondary N) is 1. The highest BCUT2D eigenvalue weighted by molar-refractivity contribution is 6.20. The molecule has 0 heterocycles. The first kappa shape index (κ1) is 18.3. The Morgan fingerprint density at radius 2 is 1.27 bits per heavy atom. The number of amides is 2. The highest BCUT2D eigenvalue weighted by Gasteiger charge is 2.46. The summed E-state index contributed by atoms with van der Waals surface area (Å²) in [4.78, 5) is 12.0. The van der Waals surface area contributed by atoms with Crippen LogP contribution in [-0.4, -0.2) is 16.8 Å². The number of benzene rings is 2. The van der Waals surface area contributed by atoms with Gasteiger partial charge in [0.15, 0.2) is 0 Å². The molecule has 2 aromatic rings. The molecular weight excluding hydrogens is 340 g/mol. The first-order valence-corrected chi connectivity index (χ1v) is 6.30. The van der Waals surface area contributed by atoms with Crippen molar-refractivity contribution in [3.05, 3.63) is 60.7 Å². The van der Waals surface area contributed by atoms with Crippen LogP contribution in [0, 0.1) is 0 Å². The zero-order valence-corrected chi connectivity index (χ0v) is 12.5. The average Bonchev–Trinajstić information content (AvgIpc) is 2.48. The summed E-state index contributed by atoms with van der Waals surface area (Å²) in [6.07, 6.45) is -4.95. The van der Waals surface area contributed by atoms with Gasteiger partial charge in [0, 0.05) is 36.0 Å². The van der Waals surface area contributed by atoms with Gasteiger partial charge < -0.3 is 12.4 Å². The SMILES string of the molecule is O=C(N(Cl)C(F)(F)F)[NH+](c1ccccc1)c1ccccc1.[Cl-]. The number of urea groups is 1. The first-order valence-electron chi connectivity index (χ1n) is 5.96. The minimum Gasteiger partial charge on any atom is -1.00 e. The topological polar surface area (TPSA) is 24.8 Å². The van der Waals surface area contributed by atoms with Crippen LogP contribution in [0.2, 0.25) is 0 Å². The maximum Gasteiger partial charge on any atom is 0.506 e. The van der Waals surface area contributed by atoms with Gasteiger partial charge in [-0.15, -0.1) is 17.6 Å². The van der Waals surface area contributed by atoms with Gasteiger partial charge >= 0.3 is 12.3 Å². The highest BCUT2D eigenvalue weighted by Crippen LogP contribution is 2.23. The summed E-state index contributed by atoms with van der Waals surface area (Å²) in [7, 11) is 0. The number of carbonyl (C=O) groups is 1. The molecular formula is C14H11Cl2F3N2O. The van der Waals surface area contributed by atoms with Crippen LogP contribution in [0.1, 0.15) is 0 Å². The Balaban J connectivity index is 0.00000242. The van der Waals surface area contributed by atoms with Crippen molar-refractivity contribution in [1.29, 1.82) is 0 Å². The molecule has 0 fully saturated rings. The maximum atomic E-state index is 12.7. The van der Waals surface area contributed by atoms with Crippen LogP contribution in [0.4, 0.5) is 29.3 Å². The molecule has 2 aromatic carbocycles. The third-order valence-corrected chi connectivity index (χ3v) is 3.08. The number of alkyl halides is 3. The van der Waals surface area contributed by atoms with Crippen molar-refractivity contribution in [2.24, 2.45) is 0 Å². The maximum absolute atomic E-state index is 12.7. The first-order chi connectivity index (χ1) is 9.91. The summed E-state index contributed by atoms with van der Waals surface area (Å²) in [6, 6.07) is 14.9. The van der Waals surface area contributed by atoms with Crippen molar-refractivity contribution in [2.75, 3.05) is 0 Å². The lowest BCUT2D eigenvalue weighted by molar-refractivity contribution is -0.670. The van der Waals surface area contributed by atoms with Crippen molar-refractivity contribution >= 4 is 29.2 Å². The second kappa shape index (κ2) is 7.49. The summed E-state index contributed by atoms with van der Waals surface area (Å²) >= 11 is 5.14. The van der Waals surface area contributed by atoms with E-state index in [0.717, 1.165) is 0 Å². The molecule has 0 aliphatic rings. The molecule has 22 heavy (non-hydrogen) atoms. The summed E-state index contributed by atoms with van der Waals surface area (Å²) in [6.45, 7) is 0. The van der Waals surface area contributed by atoms with E-state index >= 15 is 0 Å². The van der Waals surface area contributed by atoms with Crippen molar-refractivity contribution in [1.82, 2.24) is 4.42 Å². The molecule has 8 heteroatoms. The molecule has 0 saturated carbocycles. The predicted octanol–water partition coefficient (Wildman–Crippen LogP) is 0.634. The quantitative estimate of drug-likeness (QED) is 0.623. The van der Waals surface area contributed by atoms with Gasteiger partial charge in [0.25, 0.3) is 0 Å². The highest BCUT2D eigenvalue weighted by atomic mass is 35.5. The van der Waals surface area contributed by atoms with Crippen LogP contribution in [0.25, 0.3) is 0 Å². The Bertz CT molecular complexity index is 569. The number of hydrogen-bond donors (Lipinski definition) is 1. The fraction of sp³-hybridized carbons (Fsp3) is 0.0714. The second-order valence-corrected chi connectivity index (χ2v) is 4.50. The predicted molar refractivity (Wildman–Crippen MR) is 72.3 cm³/mol. The molecule has 0 aliphatic heterocycles. The van der Waals surface area contributed by atoms with E-state index in [1.807, 2.05) is 0 Å². The Hall–Kier alpha value is -1.76. The molecule has 0 aliphatic carbocycles. The molecule has 0 saturated heterocycles. The zero-order chi connectivity index (χ0) is 15.5. The number of nitrogens with zero attached hydrogens (tertiary/aromatic N) is 1. The third-order valence-electron chi connectivity index (χ3n) is 2.74. The van der Waals surface area contributed by atoms with Gasteiger partial charge in [0.1, 0.15) is 11.4 Å². The third kappa shape index (κ3) is 4.13. The number of rotatable bonds is 2. The summed E-state index contributed by atoms with van der Waals surface area (Å²) < 4.78 is 37.2. The number of halogens is 5. The number of quaternary nitrogens is 1. The van der Waals surface area contributed by atoms with Crippen LogP contribution in [0.15, 0.2) is 60.7 Å². The van der Waals surface area contributed by atoms with E-state index in [1.54, 1.807) is 60.7 Å². The van der Waals surface area contributed by atoms with Crippen molar-refractivity contribution < 1.29 is 35.3 Å². The van der Waals surface area contributed by atoms with Gasteiger partial charge in [-0.1, -0.05) is 36.4 Å². The average molecular weight is 351 g/mol. The van der Waals surface area contributed by atoms with Crippen LogP contribution >= 0.6 is 11.8 Å². The smallest absolute Gasteiger partial charge is 0.506 e. The molecule has 118 valence electrons. The van der Waals surface area contributed by atoms with Crippen LogP contribution in [0.5, 0.6) is 0 Å². The summed E-state index contributed by atoms with van der Waals surface area (Å²) in [5, 5.41) is 0. The van der Waals surface area contributed by atoms with E-state index in [0.29, 0.717) is 11.4 Å². The lowest BCUT2D eigenvalue weighted by Crippen LogP contribution is -3.06. The molecule has 3 nitrogen and oxygen atoms in total. The normalized spacial score (nSPS) is 11.0. The molecule has 2 amide bonds. The van der Waals surface area contributed by atoms with Crippen molar-refractivity contribution in [3.8, 4) is 0 Å². The molecule has 1 N–H and O–H groups in total. The van der Waals surface area contributed by atoms with Gasteiger partial charge in [-0.3, -0.25) is 0 Å². The molecule has 0 spiro atoms. The van der Waals surface area contributed by atoms with Gasteiger partial charge in [0.05, 0.1) is 0 Å². The minimum absolute atomic E-state index is 0. The van der Waals surface area contributed by atoms with Crippen molar-refractivity contribution in [2.45, 2.75) is 6.30 Å². The monoisotopic (exact) mass is 350 g/mol. The summed E-state index contributed by atoms with van der Waals surface area (Å²) in [5.74, 6) is 0. The fourth-order valence-corrected chi connectivity index (χ4v) is 1.92. The van der Waals surface area contributed by atoms with Gasteiger partial charge in [0.2, 0.25) is 0 Å². The van der Waals surface area contributed by atoms with E-state index in [9.17, 15) is 18.0 Å². The number of para-hydroxylation sites is 2. The van der Waals surface area contributed by atoms with Gasteiger partial charge in [-0.25, -0.2) is 4.79 Å². The van der Waals surface area contributed by atoms with E-state index < -0.39 is 16.8 Å². The van der Waals surface area contributed by atoms with Crippen LogP contribution in [-0.2, 0) is 0 Å². The Morgan fingerprint density at radius 3 is 1.59 bits per heavy atom. The van der Waals surface area contributed by atoms with Crippen LogP contribution < -0.4 is 17.3 Å². The van der Waals surface area contributed by atoms with E-state index in [4.69, 9.17) is 11.8 Å². The Kier molecular flexibility index (Phi) is 6.22. The van der Waals surface area contributed by atoms with E-state index in [1.165, 1.54) is 0 Å². The molecule has 0 bridgehead atoms. The lowest BCUT2D eigenvalue weighted by atomic mass is 10.2. The number of carbonyl (C=O) groups excluding carboxylic acids is 1. The second-order valence-electron chi connectivity index (χ2n) is 4.16. The molecule has 0 radical (unpaired) electrons. The zero-order valence-electron chi connectivity index (χ0n) is 11.0. The lowest BCUT2D eigenvalue weighted by Gasteiger charge is -2.21. The van der Waals surface area contributed by atoms with Gasteiger partial charge in [-0.05, 0) is 0 Å². The standard InChI is InChI=1S/C14H10ClF3N2O.ClH/c15-20(14(16,17)18)13(21)19(11-7-3-1-4-8-11)12-9-5-2-6-10-12;/h1-10H;1H. The molecule has 0 unspecified atom stereocenters. The fourth-order valence-electron chi connectivity index (χ4n) is 1.84. The van der Waals surface area contributed by atoms with Crippen molar-refractivity contribution in [3.63, 3.8) is 0 Å².